The molecule has 1 heterocycles. The average molecular weight is 251 g/mol. The van der Waals surface area contributed by atoms with E-state index < -0.39 is 0 Å². The molecule has 0 aromatic heterocycles. The fourth-order valence-electron chi connectivity index (χ4n) is 3.02. The van der Waals surface area contributed by atoms with Crippen LogP contribution in [0.1, 0.15) is 23.1 Å². The Bertz CT molecular complexity index is 536. The number of hydrogen-bond acceptors (Lipinski definition) is 1. The fourth-order valence-corrected chi connectivity index (χ4v) is 3.02. The molecule has 1 aliphatic carbocycles. The van der Waals surface area contributed by atoms with Gasteiger partial charge in [0.1, 0.15) is 0 Å². The van der Waals surface area contributed by atoms with Crippen LogP contribution in [0.3, 0.4) is 0 Å². The number of anilines is 1. The van der Waals surface area contributed by atoms with Crippen molar-refractivity contribution in [1.82, 2.24) is 0 Å². The third-order valence-corrected chi connectivity index (χ3v) is 4.13. The molecule has 2 aromatic rings. The number of fused-ring (bicyclic) bond motifs is 2. The zero-order valence-corrected chi connectivity index (χ0v) is 11.6. The van der Waals surface area contributed by atoms with Gasteiger partial charge in [0, 0.05) is 19.3 Å². The molecule has 1 heteroatoms. The molecule has 0 radical (unpaired) electrons. The molecule has 98 valence electrons. The summed E-state index contributed by atoms with van der Waals surface area (Å²) in [6.07, 6.45) is 5.18. The Balaban J connectivity index is 0.000000117. The molecule has 0 N–H and O–H groups in total. The monoisotopic (exact) mass is 251 g/mol. The average Bonchev–Trinajstić information content (AvgIpc) is 3.07. The van der Waals surface area contributed by atoms with Crippen LogP contribution in [0.5, 0.6) is 0 Å². The summed E-state index contributed by atoms with van der Waals surface area (Å²) in [5, 5.41) is 0. The smallest absolute Gasteiger partial charge is 0.0396 e. The minimum Gasteiger partial charge on any atom is -0.374 e. The van der Waals surface area contributed by atoms with E-state index in [1.54, 1.807) is 11.1 Å². The Morgan fingerprint density at radius 1 is 0.737 bits per heavy atom. The highest BCUT2D eigenvalue weighted by Crippen LogP contribution is 2.25. The van der Waals surface area contributed by atoms with Crippen LogP contribution >= 0.6 is 0 Å². The molecule has 2 aromatic carbocycles. The van der Waals surface area contributed by atoms with E-state index in [1.807, 2.05) is 0 Å². The maximum atomic E-state index is 2.30. The van der Waals surface area contributed by atoms with Crippen LogP contribution in [-0.4, -0.2) is 13.6 Å². The SMILES string of the molecule is CN1CCc2ccccc21.c1ccc2c(c1)CCC2. The van der Waals surface area contributed by atoms with Gasteiger partial charge in [-0.2, -0.15) is 0 Å². The first-order valence-corrected chi connectivity index (χ1v) is 7.20. The highest BCUT2D eigenvalue weighted by atomic mass is 15.1. The molecule has 2 aliphatic rings. The van der Waals surface area contributed by atoms with Gasteiger partial charge in [-0.25, -0.2) is 0 Å². The minimum absolute atomic E-state index is 1.18. The van der Waals surface area contributed by atoms with Gasteiger partial charge in [-0.1, -0.05) is 42.5 Å². The topological polar surface area (TPSA) is 3.24 Å². The predicted molar refractivity (Wildman–Crippen MR) is 81.9 cm³/mol. The number of nitrogens with zero attached hydrogens (tertiary/aromatic N) is 1. The highest BCUT2D eigenvalue weighted by Gasteiger charge is 2.12. The lowest BCUT2D eigenvalue weighted by Gasteiger charge is -2.10. The summed E-state index contributed by atoms with van der Waals surface area (Å²) in [5.74, 6) is 0. The van der Waals surface area contributed by atoms with Gasteiger partial charge in [0.05, 0.1) is 0 Å². The van der Waals surface area contributed by atoms with Crippen molar-refractivity contribution >= 4 is 5.69 Å². The van der Waals surface area contributed by atoms with Crippen molar-refractivity contribution in [1.29, 1.82) is 0 Å². The quantitative estimate of drug-likeness (QED) is 0.687. The van der Waals surface area contributed by atoms with Gasteiger partial charge >= 0.3 is 0 Å². The number of aryl methyl sites for hydroxylation is 2. The molecule has 1 aliphatic heterocycles. The molecule has 0 saturated carbocycles. The zero-order valence-electron chi connectivity index (χ0n) is 11.6. The molecule has 0 atom stereocenters. The van der Waals surface area contributed by atoms with Crippen LogP contribution in [0.2, 0.25) is 0 Å². The fraction of sp³-hybridized carbons (Fsp3) is 0.333. The standard InChI is InChI=1S/C9H11N.C9H10/c1-10-7-6-8-4-2-3-5-9(8)10;1-2-5-9-7-3-6-8(9)4-1/h2-5H,6-7H2,1H3;1-2,4-5H,3,6-7H2. The van der Waals surface area contributed by atoms with Crippen LogP contribution in [0.15, 0.2) is 48.5 Å². The number of rotatable bonds is 0. The number of likely N-dealkylation sites (N-methyl/N-ethyl adjacent to an activating group) is 1. The maximum Gasteiger partial charge on any atom is 0.0396 e. The molecule has 0 unspecified atom stereocenters. The number of hydrogen-bond donors (Lipinski definition) is 0. The lowest BCUT2D eigenvalue weighted by molar-refractivity contribution is 0.912. The van der Waals surface area contributed by atoms with Gasteiger partial charge in [0.2, 0.25) is 0 Å². The first-order chi connectivity index (χ1) is 9.34. The van der Waals surface area contributed by atoms with E-state index >= 15 is 0 Å². The van der Waals surface area contributed by atoms with Crippen LogP contribution in [0.25, 0.3) is 0 Å². The van der Waals surface area contributed by atoms with Gasteiger partial charge < -0.3 is 4.90 Å². The molecular formula is C18H21N. The second-order valence-electron chi connectivity index (χ2n) is 5.42. The summed E-state index contributed by atoms with van der Waals surface area (Å²) in [6, 6.07) is 17.3. The Labute approximate surface area is 115 Å². The van der Waals surface area contributed by atoms with Gasteiger partial charge in [0.15, 0.2) is 0 Å². The van der Waals surface area contributed by atoms with Gasteiger partial charge in [-0.3, -0.25) is 0 Å². The highest BCUT2D eigenvalue weighted by molar-refractivity contribution is 5.56. The van der Waals surface area contributed by atoms with Gasteiger partial charge in [0.25, 0.3) is 0 Å². The van der Waals surface area contributed by atoms with Crippen molar-refractivity contribution in [3.63, 3.8) is 0 Å². The van der Waals surface area contributed by atoms with Crippen molar-refractivity contribution in [3.05, 3.63) is 65.2 Å². The Morgan fingerprint density at radius 3 is 1.95 bits per heavy atom. The summed E-state index contributed by atoms with van der Waals surface area (Å²) in [6.45, 7) is 1.18. The molecule has 19 heavy (non-hydrogen) atoms. The van der Waals surface area contributed by atoms with E-state index in [0.717, 1.165) is 0 Å². The van der Waals surface area contributed by atoms with Crippen molar-refractivity contribution in [2.75, 3.05) is 18.5 Å². The van der Waals surface area contributed by atoms with Crippen molar-refractivity contribution in [3.8, 4) is 0 Å². The molecular weight excluding hydrogens is 230 g/mol. The Kier molecular flexibility index (Phi) is 3.54. The van der Waals surface area contributed by atoms with Crippen LogP contribution in [0, 0.1) is 0 Å². The maximum absolute atomic E-state index is 2.30. The van der Waals surface area contributed by atoms with E-state index in [2.05, 4.69) is 60.5 Å². The van der Waals surface area contributed by atoms with Crippen LogP contribution < -0.4 is 4.90 Å². The van der Waals surface area contributed by atoms with E-state index in [4.69, 9.17) is 0 Å². The minimum atomic E-state index is 1.18. The lowest BCUT2D eigenvalue weighted by atomic mass is 10.1. The van der Waals surface area contributed by atoms with Crippen molar-refractivity contribution in [2.24, 2.45) is 0 Å². The van der Waals surface area contributed by atoms with Crippen LogP contribution in [0.4, 0.5) is 5.69 Å². The third-order valence-electron chi connectivity index (χ3n) is 4.13. The van der Waals surface area contributed by atoms with Crippen molar-refractivity contribution in [2.45, 2.75) is 25.7 Å². The first kappa shape index (κ1) is 12.3. The molecule has 1 nitrogen and oxygen atoms in total. The number of para-hydroxylation sites is 1. The summed E-state index contributed by atoms with van der Waals surface area (Å²) >= 11 is 0. The zero-order chi connectivity index (χ0) is 13.1. The van der Waals surface area contributed by atoms with E-state index in [1.165, 1.54) is 43.5 Å². The molecule has 0 fully saturated rings. The van der Waals surface area contributed by atoms with Gasteiger partial charge in [-0.05, 0) is 48.4 Å². The van der Waals surface area contributed by atoms with E-state index in [0.29, 0.717) is 0 Å². The number of benzene rings is 2. The summed E-state index contributed by atoms with van der Waals surface area (Å²) in [4.78, 5) is 2.30. The molecule has 0 bridgehead atoms. The van der Waals surface area contributed by atoms with Gasteiger partial charge in [-0.15, -0.1) is 0 Å². The lowest BCUT2D eigenvalue weighted by Crippen LogP contribution is -2.12. The summed E-state index contributed by atoms with van der Waals surface area (Å²) in [7, 11) is 2.14. The summed E-state index contributed by atoms with van der Waals surface area (Å²) in [5.41, 5.74) is 6.03. The molecule has 0 amide bonds. The first-order valence-electron chi connectivity index (χ1n) is 7.20. The van der Waals surface area contributed by atoms with E-state index in [-0.39, 0.29) is 0 Å². The van der Waals surface area contributed by atoms with E-state index in [9.17, 15) is 0 Å². The Morgan fingerprint density at radius 2 is 1.32 bits per heavy atom. The predicted octanol–water partition coefficient (Wildman–Crippen LogP) is 3.85. The third kappa shape index (κ3) is 2.65. The second kappa shape index (κ2) is 5.48. The molecule has 4 rings (SSSR count). The van der Waals surface area contributed by atoms with Crippen molar-refractivity contribution < 1.29 is 0 Å². The molecule has 0 spiro atoms. The second-order valence-corrected chi connectivity index (χ2v) is 5.42. The normalized spacial score (nSPS) is 15.5. The van der Waals surface area contributed by atoms with Crippen LogP contribution in [-0.2, 0) is 19.3 Å². The summed E-state index contributed by atoms with van der Waals surface area (Å²) < 4.78 is 0. The largest absolute Gasteiger partial charge is 0.374 e. The Hall–Kier alpha value is -1.76. The molecule has 0 saturated heterocycles.